The van der Waals surface area contributed by atoms with Gasteiger partial charge in [-0.2, -0.15) is 0 Å². The zero-order valence-corrected chi connectivity index (χ0v) is 16.0. The van der Waals surface area contributed by atoms with E-state index < -0.39 is 17.2 Å². The summed E-state index contributed by atoms with van der Waals surface area (Å²) in [5, 5.41) is 2.70. The van der Waals surface area contributed by atoms with Crippen LogP contribution in [0.5, 0.6) is 0 Å². The lowest BCUT2D eigenvalue weighted by molar-refractivity contribution is -0.129. The van der Waals surface area contributed by atoms with Gasteiger partial charge in [-0.25, -0.2) is 4.39 Å². The minimum atomic E-state index is -0.489. The summed E-state index contributed by atoms with van der Waals surface area (Å²) in [5.41, 5.74) is 0.643. The molecule has 1 aromatic carbocycles. The third kappa shape index (κ3) is 3.12. The number of hydrogen-bond donors (Lipinski definition) is 1. The molecule has 2 aliphatic rings. The summed E-state index contributed by atoms with van der Waals surface area (Å²) >= 11 is 0. The Morgan fingerprint density at radius 1 is 1.14 bits per heavy atom. The van der Waals surface area contributed by atoms with E-state index in [1.165, 1.54) is 20.0 Å². The SMILES string of the molecule is CNC(=O)c1cn(C2CC2)c2cc(N3CCN(C(C)=O)CC3)c(F)cc2c1=O. The van der Waals surface area contributed by atoms with Gasteiger partial charge in [0, 0.05) is 57.8 Å². The molecule has 0 bridgehead atoms. The molecule has 0 atom stereocenters. The number of halogens is 1. The van der Waals surface area contributed by atoms with Gasteiger partial charge in [0.05, 0.1) is 11.2 Å². The van der Waals surface area contributed by atoms with E-state index in [1.54, 1.807) is 17.2 Å². The van der Waals surface area contributed by atoms with Crippen LogP contribution < -0.4 is 15.6 Å². The Morgan fingerprint density at radius 3 is 2.39 bits per heavy atom. The van der Waals surface area contributed by atoms with Gasteiger partial charge in [0.15, 0.2) is 0 Å². The Kier molecular flexibility index (Phi) is 4.56. The van der Waals surface area contributed by atoms with Crippen LogP contribution in [0.3, 0.4) is 0 Å². The number of aromatic nitrogens is 1. The number of fused-ring (bicyclic) bond motifs is 1. The van der Waals surface area contributed by atoms with Crippen molar-refractivity contribution in [2.45, 2.75) is 25.8 Å². The van der Waals surface area contributed by atoms with Gasteiger partial charge < -0.3 is 19.7 Å². The van der Waals surface area contributed by atoms with Crippen LogP contribution in [0.4, 0.5) is 10.1 Å². The first-order valence-corrected chi connectivity index (χ1v) is 9.51. The molecule has 7 nitrogen and oxygen atoms in total. The van der Waals surface area contributed by atoms with Crippen LogP contribution in [0, 0.1) is 5.82 Å². The van der Waals surface area contributed by atoms with Crippen molar-refractivity contribution in [2.24, 2.45) is 0 Å². The predicted octanol–water partition coefficient (Wildman–Crippen LogP) is 1.50. The number of nitrogens with one attached hydrogen (secondary N) is 1. The average Bonchev–Trinajstić information content (AvgIpc) is 3.53. The second-order valence-electron chi connectivity index (χ2n) is 7.40. The van der Waals surface area contributed by atoms with Crippen LogP contribution in [0.2, 0.25) is 0 Å². The maximum Gasteiger partial charge on any atom is 0.256 e. The molecule has 2 amide bonds. The molecule has 2 fully saturated rings. The molecule has 0 unspecified atom stereocenters. The number of carbonyl (C=O) groups excluding carboxylic acids is 2. The maximum absolute atomic E-state index is 14.9. The number of amides is 2. The lowest BCUT2D eigenvalue weighted by Crippen LogP contribution is -2.48. The van der Waals surface area contributed by atoms with E-state index in [2.05, 4.69) is 5.32 Å². The normalized spacial score (nSPS) is 17.1. The Hall–Kier alpha value is -2.90. The highest BCUT2D eigenvalue weighted by molar-refractivity contribution is 5.97. The van der Waals surface area contributed by atoms with Crippen molar-refractivity contribution in [3.63, 3.8) is 0 Å². The monoisotopic (exact) mass is 386 g/mol. The fourth-order valence-electron chi connectivity index (χ4n) is 3.81. The molecule has 4 rings (SSSR count). The first-order chi connectivity index (χ1) is 13.4. The molecule has 148 valence electrons. The molecule has 0 spiro atoms. The smallest absolute Gasteiger partial charge is 0.256 e. The Morgan fingerprint density at radius 2 is 1.82 bits per heavy atom. The van der Waals surface area contributed by atoms with E-state index in [9.17, 15) is 18.8 Å². The van der Waals surface area contributed by atoms with Crippen LogP contribution in [0.1, 0.15) is 36.2 Å². The summed E-state index contributed by atoms with van der Waals surface area (Å²) in [6, 6.07) is 3.18. The van der Waals surface area contributed by atoms with Gasteiger partial charge in [0.1, 0.15) is 11.4 Å². The summed E-state index contributed by atoms with van der Waals surface area (Å²) < 4.78 is 16.9. The fourth-order valence-corrected chi connectivity index (χ4v) is 3.81. The third-order valence-corrected chi connectivity index (χ3v) is 5.58. The third-order valence-electron chi connectivity index (χ3n) is 5.58. The molecule has 8 heteroatoms. The number of benzene rings is 1. The molecule has 1 aliphatic heterocycles. The molecule has 1 saturated carbocycles. The van der Waals surface area contributed by atoms with Crippen LogP contribution in [-0.4, -0.2) is 54.5 Å². The van der Waals surface area contributed by atoms with Crippen LogP contribution >= 0.6 is 0 Å². The van der Waals surface area contributed by atoms with E-state index >= 15 is 0 Å². The van der Waals surface area contributed by atoms with Gasteiger partial charge in [-0.05, 0) is 25.0 Å². The highest BCUT2D eigenvalue weighted by Crippen LogP contribution is 2.38. The van der Waals surface area contributed by atoms with Gasteiger partial charge in [0.25, 0.3) is 5.91 Å². The van der Waals surface area contributed by atoms with Gasteiger partial charge in [0.2, 0.25) is 11.3 Å². The maximum atomic E-state index is 14.9. The Labute approximate surface area is 161 Å². The topological polar surface area (TPSA) is 74.7 Å². The summed E-state index contributed by atoms with van der Waals surface area (Å²) in [6.07, 6.45) is 3.53. The van der Waals surface area contributed by atoms with E-state index in [4.69, 9.17) is 0 Å². The first-order valence-electron chi connectivity index (χ1n) is 9.51. The summed E-state index contributed by atoms with van der Waals surface area (Å²) in [6.45, 7) is 3.68. The number of nitrogens with zero attached hydrogens (tertiary/aromatic N) is 3. The van der Waals surface area contributed by atoms with Crippen molar-refractivity contribution in [3.8, 4) is 0 Å². The quantitative estimate of drug-likeness (QED) is 0.868. The predicted molar refractivity (Wildman–Crippen MR) is 104 cm³/mol. The highest BCUT2D eigenvalue weighted by Gasteiger charge is 2.28. The van der Waals surface area contributed by atoms with Crippen LogP contribution in [0.25, 0.3) is 10.9 Å². The molecule has 2 heterocycles. The van der Waals surface area contributed by atoms with Crippen LogP contribution in [0.15, 0.2) is 23.1 Å². The second-order valence-corrected chi connectivity index (χ2v) is 7.40. The number of rotatable bonds is 3. The Bertz CT molecular complexity index is 1020. The molecule has 1 aromatic heterocycles. The van der Waals surface area contributed by atoms with E-state index in [0.29, 0.717) is 37.4 Å². The van der Waals surface area contributed by atoms with Gasteiger partial charge in [-0.15, -0.1) is 0 Å². The zero-order valence-electron chi connectivity index (χ0n) is 16.0. The molecule has 1 aliphatic carbocycles. The lowest BCUT2D eigenvalue weighted by Gasteiger charge is -2.36. The second kappa shape index (κ2) is 6.92. The molecular formula is C20H23FN4O3. The minimum absolute atomic E-state index is 0.0166. The number of hydrogen-bond acceptors (Lipinski definition) is 4. The average molecular weight is 386 g/mol. The summed E-state index contributed by atoms with van der Waals surface area (Å²) in [7, 11) is 1.47. The number of anilines is 1. The van der Waals surface area contributed by atoms with Crippen molar-refractivity contribution in [1.82, 2.24) is 14.8 Å². The van der Waals surface area contributed by atoms with Crippen molar-refractivity contribution >= 4 is 28.4 Å². The first kappa shape index (κ1) is 18.5. The molecule has 1 N–H and O–H groups in total. The lowest BCUT2D eigenvalue weighted by atomic mass is 10.1. The van der Waals surface area contributed by atoms with Crippen LogP contribution in [-0.2, 0) is 4.79 Å². The van der Waals surface area contributed by atoms with Crippen molar-refractivity contribution in [2.75, 3.05) is 38.1 Å². The van der Waals surface area contributed by atoms with Gasteiger partial charge >= 0.3 is 0 Å². The summed E-state index contributed by atoms with van der Waals surface area (Å²) in [5.74, 6) is -0.939. The van der Waals surface area contributed by atoms with Crippen molar-refractivity contribution < 1.29 is 14.0 Å². The molecule has 2 aromatic rings. The minimum Gasteiger partial charge on any atom is -0.366 e. The molecule has 28 heavy (non-hydrogen) atoms. The van der Waals surface area contributed by atoms with Gasteiger partial charge in [-0.1, -0.05) is 0 Å². The standard InChI is InChI=1S/C20H23FN4O3/c1-12(26)23-5-7-24(8-6-23)18-10-17-14(9-16(18)21)19(27)15(20(28)22-2)11-25(17)13-3-4-13/h9-11,13H,3-8H2,1-2H3,(H,22,28). The number of carbonyl (C=O) groups is 2. The molecular weight excluding hydrogens is 363 g/mol. The number of piperazine rings is 1. The number of pyridine rings is 1. The Balaban J connectivity index is 1.80. The van der Waals surface area contributed by atoms with E-state index in [-0.39, 0.29) is 22.9 Å². The molecule has 0 radical (unpaired) electrons. The van der Waals surface area contributed by atoms with Crippen molar-refractivity contribution in [3.05, 3.63) is 39.9 Å². The summed E-state index contributed by atoms with van der Waals surface area (Å²) in [4.78, 5) is 40.1. The van der Waals surface area contributed by atoms with E-state index in [0.717, 1.165) is 12.8 Å². The molecule has 1 saturated heterocycles. The van der Waals surface area contributed by atoms with E-state index in [1.807, 2.05) is 9.47 Å². The highest BCUT2D eigenvalue weighted by atomic mass is 19.1. The van der Waals surface area contributed by atoms with Gasteiger partial charge in [-0.3, -0.25) is 14.4 Å². The van der Waals surface area contributed by atoms with Crippen molar-refractivity contribution in [1.29, 1.82) is 0 Å². The largest absolute Gasteiger partial charge is 0.366 e. The zero-order chi connectivity index (χ0) is 20.0. The fraction of sp³-hybridized carbons (Fsp3) is 0.450.